The Kier molecular flexibility index (Phi) is 7.41. The van der Waals surface area contributed by atoms with E-state index in [-0.39, 0.29) is 0 Å². The largest absolute Gasteiger partial charge is 0.497 e. The molecule has 3 heterocycles. The van der Waals surface area contributed by atoms with Crippen LogP contribution in [0.15, 0.2) is 36.7 Å². The standard InChI is InChI=1S/C26H33ClN6O2/c1-31-9-11-33(12-10-31)24-17-20(35-14-13-32-7-3-4-8-32)16-23-25(24)26(29-18-28-23)30-22-15-19(34-2)5-6-21(22)27/h5-6,15-18H,3-4,7-14H2,1-2H3,(H,28,29,30). The summed E-state index contributed by atoms with van der Waals surface area (Å²) in [5.74, 6) is 2.28. The highest BCUT2D eigenvalue weighted by molar-refractivity contribution is 6.33. The van der Waals surface area contributed by atoms with Gasteiger partial charge in [0.05, 0.1) is 34.4 Å². The second-order valence-electron chi connectivity index (χ2n) is 9.22. The van der Waals surface area contributed by atoms with Crippen LogP contribution >= 0.6 is 11.6 Å². The third-order valence-corrected chi connectivity index (χ3v) is 7.17. The first-order chi connectivity index (χ1) is 17.1. The highest BCUT2D eigenvalue weighted by Crippen LogP contribution is 2.38. The molecule has 5 rings (SSSR count). The van der Waals surface area contributed by atoms with Gasteiger partial charge in [-0.25, -0.2) is 9.97 Å². The second kappa shape index (κ2) is 10.8. The van der Waals surface area contributed by atoms with Crippen LogP contribution in [0.5, 0.6) is 11.5 Å². The van der Waals surface area contributed by atoms with Crippen molar-refractivity contribution in [2.75, 3.05) is 76.8 Å². The van der Waals surface area contributed by atoms with Gasteiger partial charge in [-0.15, -0.1) is 0 Å². The van der Waals surface area contributed by atoms with Crippen LogP contribution in [-0.2, 0) is 0 Å². The molecule has 0 unspecified atom stereocenters. The smallest absolute Gasteiger partial charge is 0.143 e. The molecule has 0 amide bonds. The summed E-state index contributed by atoms with van der Waals surface area (Å²) in [6.07, 6.45) is 4.15. The molecule has 9 heteroatoms. The number of fused-ring (bicyclic) bond motifs is 1. The molecule has 2 saturated heterocycles. The summed E-state index contributed by atoms with van der Waals surface area (Å²) in [5, 5.41) is 4.99. The molecule has 2 aromatic carbocycles. The van der Waals surface area contributed by atoms with Gasteiger partial charge in [0, 0.05) is 50.9 Å². The molecule has 0 radical (unpaired) electrons. The maximum atomic E-state index is 6.49. The van der Waals surface area contributed by atoms with Crippen molar-refractivity contribution in [2.24, 2.45) is 0 Å². The Hall–Kier alpha value is -2.81. The topological polar surface area (TPSA) is 66.0 Å². The van der Waals surface area contributed by atoms with E-state index in [0.717, 1.165) is 66.5 Å². The van der Waals surface area contributed by atoms with Crippen LogP contribution in [0.2, 0.25) is 5.02 Å². The number of rotatable bonds is 8. The third kappa shape index (κ3) is 5.55. The Morgan fingerprint density at radius 2 is 1.77 bits per heavy atom. The Bertz CT molecular complexity index is 1160. The van der Waals surface area contributed by atoms with E-state index in [4.69, 9.17) is 21.1 Å². The summed E-state index contributed by atoms with van der Waals surface area (Å²) in [4.78, 5) is 16.4. The number of likely N-dealkylation sites (tertiary alicyclic amines) is 1. The number of methoxy groups -OCH3 is 1. The van der Waals surface area contributed by atoms with Crippen LogP contribution in [0.4, 0.5) is 17.2 Å². The first-order valence-corrected chi connectivity index (χ1v) is 12.7. The highest BCUT2D eigenvalue weighted by Gasteiger charge is 2.21. The Morgan fingerprint density at radius 1 is 0.971 bits per heavy atom. The quantitative estimate of drug-likeness (QED) is 0.496. The van der Waals surface area contributed by atoms with E-state index in [1.807, 2.05) is 24.3 Å². The van der Waals surface area contributed by atoms with Crippen molar-refractivity contribution in [3.05, 3.63) is 41.7 Å². The molecule has 0 saturated carbocycles. The summed E-state index contributed by atoms with van der Waals surface area (Å²) < 4.78 is 11.6. The molecule has 8 nitrogen and oxygen atoms in total. The lowest BCUT2D eigenvalue weighted by Gasteiger charge is -2.35. The van der Waals surface area contributed by atoms with Gasteiger partial charge in [-0.3, -0.25) is 4.90 Å². The lowest BCUT2D eigenvalue weighted by atomic mass is 10.1. The number of nitrogens with one attached hydrogen (secondary N) is 1. The van der Waals surface area contributed by atoms with Gasteiger partial charge in [0.25, 0.3) is 0 Å². The number of likely N-dealkylation sites (N-methyl/N-ethyl adjacent to an activating group) is 1. The number of benzene rings is 2. The molecule has 0 aliphatic carbocycles. The van der Waals surface area contributed by atoms with Gasteiger partial charge in [-0.05, 0) is 45.1 Å². The van der Waals surface area contributed by atoms with Crippen LogP contribution in [0.1, 0.15) is 12.8 Å². The molecule has 35 heavy (non-hydrogen) atoms. The number of aromatic nitrogens is 2. The van der Waals surface area contributed by atoms with Gasteiger partial charge in [0.1, 0.15) is 30.3 Å². The lowest BCUT2D eigenvalue weighted by molar-refractivity contribution is 0.238. The van der Waals surface area contributed by atoms with E-state index in [1.54, 1.807) is 13.4 Å². The SMILES string of the molecule is COc1ccc(Cl)c(Nc2ncnc3cc(OCCN4CCCC4)cc(N4CCN(C)CC4)c23)c1. The first kappa shape index (κ1) is 23.9. The number of halogens is 1. The first-order valence-electron chi connectivity index (χ1n) is 12.3. The van der Waals surface area contributed by atoms with E-state index < -0.39 is 0 Å². The van der Waals surface area contributed by atoms with Crippen molar-refractivity contribution < 1.29 is 9.47 Å². The van der Waals surface area contributed by atoms with Gasteiger partial charge in [-0.2, -0.15) is 0 Å². The van der Waals surface area contributed by atoms with Gasteiger partial charge in [0.2, 0.25) is 0 Å². The number of anilines is 3. The minimum absolute atomic E-state index is 0.598. The summed E-state index contributed by atoms with van der Waals surface area (Å²) in [5.41, 5.74) is 2.66. The Balaban J connectivity index is 1.49. The number of ether oxygens (including phenoxy) is 2. The average Bonchev–Trinajstić information content (AvgIpc) is 3.39. The predicted molar refractivity (Wildman–Crippen MR) is 142 cm³/mol. The molecule has 2 fully saturated rings. The van der Waals surface area contributed by atoms with E-state index in [1.165, 1.54) is 25.9 Å². The summed E-state index contributed by atoms with van der Waals surface area (Å²) in [6, 6.07) is 9.69. The van der Waals surface area contributed by atoms with Crippen molar-refractivity contribution in [1.29, 1.82) is 0 Å². The number of hydrogen-bond donors (Lipinski definition) is 1. The molecule has 0 bridgehead atoms. The molecule has 1 aromatic heterocycles. The maximum absolute atomic E-state index is 6.49. The van der Waals surface area contributed by atoms with Crippen LogP contribution in [0.3, 0.4) is 0 Å². The van der Waals surface area contributed by atoms with Crippen molar-refractivity contribution >= 4 is 39.7 Å². The number of nitrogens with zero attached hydrogens (tertiary/aromatic N) is 5. The van der Waals surface area contributed by atoms with Crippen LogP contribution < -0.4 is 19.7 Å². The predicted octanol–water partition coefficient (Wildman–Crippen LogP) is 4.26. The fourth-order valence-corrected chi connectivity index (χ4v) is 4.94. The number of piperazine rings is 1. The normalized spacial score (nSPS) is 17.2. The zero-order valence-corrected chi connectivity index (χ0v) is 21.2. The minimum Gasteiger partial charge on any atom is -0.497 e. The molecule has 0 atom stereocenters. The van der Waals surface area contributed by atoms with Crippen molar-refractivity contribution in [2.45, 2.75) is 12.8 Å². The molecular weight excluding hydrogens is 464 g/mol. The van der Waals surface area contributed by atoms with Crippen molar-refractivity contribution in [3.63, 3.8) is 0 Å². The zero-order valence-electron chi connectivity index (χ0n) is 20.5. The van der Waals surface area contributed by atoms with E-state index in [0.29, 0.717) is 17.4 Å². The second-order valence-corrected chi connectivity index (χ2v) is 9.62. The molecule has 1 N–H and O–H groups in total. The highest BCUT2D eigenvalue weighted by atomic mass is 35.5. The van der Waals surface area contributed by atoms with E-state index >= 15 is 0 Å². The summed E-state index contributed by atoms with van der Waals surface area (Å²) in [6.45, 7) is 7.81. The molecule has 2 aliphatic rings. The summed E-state index contributed by atoms with van der Waals surface area (Å²) in [7, 11) is 3.80. The minimum atomic E-state index is 0.598. The number of hydrogen-bond acceptors (Lipinski definition) is 8. The van der Waals surface area contributed by atoms with Crippen LogP contribution in [0, 0.1) is 0 Å². The Labute approximate surface area is 211 Å². The fraction of sp³-hybridized carbons (Fsp3) is 0.462. The van der Waals surface area contributed by atoms with Crippen LogP contribution in [0.25, 0.3) is 10.9 Å². The lowest BCUT2D eigenvalue weighted by Crippen LogP contribution is -2.44. The monoisotopic (exact) mass is 496 g/mol. The van der Waals surface area contributed by atoms with Gasteiger partial charge in [0.15, 0.2) is 0 Å². The van der Waals surface area contributed by atoms with Crippen LogP contribution in [-0.4, -0.2) is 86.3 Å². The molecular formula is C26H33ClN6O2. The van der Waals surface area contributed by atoms with Crippen molar-refractivity contribution in [3.8, 4) is 11.5 Å². The molecule has 2 aliphatic heterocycles. The van der Waals surface area contributed by atoms with E-state index in [2.05, 4.69) is 43.1 Å². The van der Waals surface area contributed by atoms with E-state index in [9.17, 15) is 0 Å². The Morgan fingerprint density at radius 3 is 2.54 bits per heavy atom. The van der Waals surface area contributed by atoms with Crippen molar-refractivity contribution in [1.82, 2.24) is 19.8 Å². The molecule has 3 aromatic rings. The molecule has 0 spiro atoms. The summed E-state index contributed by atoms with van der Waals surface area (Å²) >= 11 is 6.49. The van der Waals surface area contributed by atoms with Gasteiger partial charge < -0.3 is 24.6 Å². The van der Waals surface area contributed by atoms with Gasteiger partial charge in [-0.1, -0.05) is 11.6 Å². The third-order valence-electron chi connectivity index (χ3n) is 6.84. The maximum Gasteiger partial charge on any atom is 0.143 e. The fourth-order valence-electron chi connectivity index (χ4n) is 4.77. The van der Waals surface area contributed by atoms with Gasteiger partial charge >= 0.3 is 0 Å². The zero-order chi connectivity index (χ0) is 24.2. The molecule has 186 valence electrons. The average molecular weight is 497 g/mol.